The maximum atomic E-state index is 11.8. The first-order valence-electron chi connectivity index (χ1n) is 7.70. The van der Waals surface area contributed by atoms with Crippen molar-refractivity contribution in [2.45, 2.75) is 12.8 Å². The Morgan fingerprint density at radius 2 is 1.60 bits per heavy atom. The fraction of sp³-hybridized carbons (Fsp3) is 0.105. The van der Waals surface area contributed by atoms with Crippen LogP contribution in [-0.4, -0.2) is 22.8 Å². The van der Waals surface area contributed by atoms with Crippen LogP contribution in [0.5, 0.6) is 11.5 Å². The topological polar surface area (TPSA) is 72.9 Å². The van der Waals surface area contributed by atoms with Crippen LogP contribution in [0.4, 0.5) is 0 Å². The van der Waals surface area contributed by atoms with Gasteiger partial charge in [-0.25, -0.2) is 4.79 Å². The molecular weight excluding hydrogens is 322 g/mol. The Balaban J connectivity index is 1.63. The number of hydroxylamine groups is 2. The molecular formula is C19H15NO5. The molecule has 1 saturated heterocycles. The monoisotopic (exact) mass is 337 g/mol. The summed E-state index contributed by atoms with van der Waals surface area (Å²) in [6, 6.07) is 16.4. The molecule has 1 fully saturated rings. The van der Waals surface area contributed by atoms with Crippen LogP contribution >= 0.6 is 0 Å². The average Bonchev–Trinajstić information content (AvgIpc) is 2.93. The standard InChI is InChI=1S/C19H15NO5/c21-17-10-11-18(22)20(17)25-19(23)12-9-14-5-4-8-16(13-14)24-15-6-2-1-3-7-15/h1-9,12-13H,10-11H2/b12-9+. The number of hydrogen-bond donors (Lipinski definition) is 0. The number of nitrogens with zero attached hydrogens (tertiary/aromatic N) is 1. The number of hydrogen-bond acceptors (Lipinski definition) is 5. The van der Waals surface area contributed by atoms with Crippen LogP contribution < -0.4 is 4.74 Å². The molecule has 0 radical (unpaired) electrons. The average molecular weight is 337 g/mol. The highest BCUT2D eigenvalue weighted by atomic mass is 16.7. The Kier molecular flexibility index (Phi) is 4.89. The molecule has 1 aliphatic rings. The highest BCUT2D eigenvalue weighted by molar-refractivity contribution is 6.02. The summed E-state index contributed by atoms with van der Waals surface area (Å²) < 4.78 is 5.71. The lowest BCUT2D eigenvalue weighted by atomic mass is 10.2. The number of rotatable bonds is 5. The fourth-order valence-electron chi connectivity index (χ4n) is 2.25. The number of ether oxygens (including phenoxy) is 1. The summed E-state index contributed by atoms with van der Waals surface area (Å²) in [6.45, 7) is 0. The van der Waals surface area contributed by atoms with E-state index in [1.54, 1.807) is 24.3 Å². The summed E-state index contributed by atoms with van der Waals surface area (Å²) >= 11 is 0. The predicted octanol–water partition coefficient (Wildman–Crippen LogP) is 3.10. The summed E-state index contributed by atoms with van der Waals surface area (Å²) in [7, 11) is 0. The third kappa shape index (κ3) is 4.32. The van der Waals surface area contributed by atoms with Crippen LogP contribution in [0.15, 0.2) is 60.7 Å². The summed E-state index contributed by atoms with van der Waals surface area (Å²) in [5.41, 5.74) is 0.712. The SMILES string of the molecule is O=C(/C=C/c1cccc(Oc2ccccc2)c1)ON1C(=O)CCC1=O. The zero-order valence-corrected chi connectivity index (χ0v) is 13.3. The fourth-order valence-corrected chi connectivity index (χ4v) is 2.25. The van der Waals surface area contributed by atoms with Crippen molar-refractivity contribution < 1.29 is 24.0 Å². The number of benzene rings is 2. The van der Waals surface area contributed by atoms with E-state index < -0.39 is 17.8 Å². The van der Waals surface area contributed by atoms with E-state index in [-0.39, 0.29) is 12.8 Å². The number of carbonyl (C=O) groups is 3. The van der Waals surface area contributed by atoms with Gasteiger partial charge >= 0.3 is 5.97 Å². The smallest absolute Gasteiger partial charge is 0.356 e. The lowest BCUT2D eigenvalue weighted by Crippen LogP contribution is -2.31. The Morgan fingerprint density at radius 3 is 2.32 bits per heavy atom. The van der Waals surface area contributed by atoms with Gasteiger partial charge in [-0.2, -0.15) is 0 Å². The van der Waals surface area contributed by atoms with Crippen molar-refractivity contribution in [2.75, 3.05) is 0 Å². The minimum atomic E-state index is -0.794. The first-order chi connectivity index (χ1) is 12.1. The molecule has 6 heteroatoms. The lowest BCUT2D eigenvalue weighted by Gasteiger charge is -2.10. The van der Waals surface area contributed by atoms with Crippen LogP contribution in [0, 0.1) is 0 Å². The quantitative estimate of drug-likeness (QED) is 0.619. The number of amides is 2. The third-order valence-electron chi connectivity index (χ3n) is 3.44. The van der Waals surface area contributed by atoms with Crippen LogP contribution in [0.25, 0.3) is 6.08 Å². The maximum absolute atomic E-state index is 11.8. The van der Waals surface area contributed by atoms with E-state index in [9.17, 15) is 14.4 Å². The second kappa shape index (κ2) is 7.44. The number of imide groups is 1. The largest absolute Gasteiger partial charge is 0.457 e. The van der Waals surface area contributed by atoms with Gasteiger partial charge in [0.05, 0.1) is 0 Å². The van der Waals surface area contributed by atoms with Crippen molar-refractivity contribution in [3.63, 3.8) is 0 Å². The maximum Gasteiger partial charge on any atom is 0.356 e. The van der Waals surface area contributed by atoms with E-state index in [2.05, 4.69) is 0 Å². The van der Waals surface area contributed by atoms with Gasteiger partial charge in [0.25, 0.3) is 11.8 Å². The Bertz CT molecular complexity index is 813. The van der Waals surface area contributed by atoms with Crippen LogP contribution in [0.2, 0.25) is 0 Å². The van der Waals surface area contributed by atoms with E-state index in [1.807, 2.05) is 30.3 Å². The lowest BCUT2D eigenvalue weighted by molar-refractivity contribution is -0.193. The van der Waals surface area contributed by atoms with Gasteiger partial charge in [0.15, 0.2) is 0 Å². The molecule has 0 atom stereocenters. The second-order valence-electron chi connectivity index (χ2n) is 5.31. The van der Waals surface area contributed by atoms with E-state index in [1.165, 1.54) is 6.08 Å². The third-order valence-corrected chi connectivity index (χ3v) is 3.44. The zero-order valence-electron chi connectivity index (χ0n) is 13.3. The number of para-hydroxylation sites is 1. The predicted molar refractivity (Wildman–Crippen MR) is 89.2 cm³/mol. The van der Waals surface area contributed by atoms with Crippen molar-refractivity contribution >= 4 is 23.9 Å². The highest BCUT2D eigenvalue weighted by Gasteiger charge is 2.32. The normalized spacial score (nSPS) is 14.2. The molecule has 0 N–H and O–H groups in total. The first kappa shape index (κ1) is 16.4. The second-order valence-corrected chi connectivity index (χ2v) is 5.31. The molecule has 3 rings (SSSR count). The van der Waals surface area contributed by atoms with Crippen molar-refractivity contribution in [2.24, 2.45) is 0 Å². The molecule has 0 aromatic heterocycles. The van der Waals surface area contributed by atoms with E-state index in [0.29, 0.717) is 22.1 Å². The minimum Gasteiger partial charge on any atom is -0.457 e. The molecule has 0 bridgehead atoms. The van der Waals surface area contributed by atoms with Crippen LogP contribution in [0.1, 0.15) is 18.4 Å². The summed E-state index contributed by atoms with van der Waals surface area (Å²) in [5.74, 6) is -0.492. The van der Waals surface area contributed by atoms with Gasteiger partial charge in [0, 0.05) is 18.9 Å². The number of carbonyl (C=O) groups excluding carboxylic acids is 3. The first-order valence-corrected chi connectivity index (χ1v) is 7.70. The van der Waals surface area contributed by atoms with Gasteiger partial charge in [-0.05, 0) is 35.9 Å². The molecule has 6 nitrogen and oxygen atoms in total. The van der Waals surface area contributed by atoms with Gasteiger partial charge in [-0.15, -0.1) is 5.06 Å². The van der Waals surface area contributed by atoms with Crippen molar-refractivity contribution in [1.82, 2.24) is 5.06 Å². The Morgan fingerprint density at radius 1 is 0.920 bits per heavy atom. The molecule has 2 aromatic rings. The van der Waals surface area contributed by atoms with E-state index >= 15 is 0 Å². The van der Waals surface area contributed by atoms with Crippen LogP contribution in [0.3, 0.4) is 0 Å². The summed E-state index contributed by atoms with van der Waals surface area (Å²) in [5, 5.41) is 0.515. The Hall–Kier alpha value is -3.41. The molecule has 25 heavy (non-hydrogen) atoms. The molecule has 126 valence electrons. The van der Waals surface area contributed by atoms with Crippen LogP contribution in [-0.2, 0) is 19.2 Å². The molecule has 0 aliphatic carbocycles. The molecule has 2 aromatic carbocycles. The van der Waals surface area contributed by atoms with Gasteiger partial charge < -0.3 is 9.57 Å². The molecule has 0 saturated carbocycles. The molecule has 0 unspecified atom stereocenters. The van der Waals surface area contributed by atoms with E-state index in [4.69, 9.17) is 9.57 Å². The van der Waals surface area contributed by atoms with Crippen molar-refractivity contribution in [3.05, 3.63) is 66.2 Å². The molecule has 2 amide bonds. The van der Waals surface area contributed by atoms with E-state index in [0.717, 1.165) is 6.08 Å². The van der Waals surface area contributed by atoms with Crippen molar-refractivity contribution in [3.8, 4) is 11.5 Å². The van der Waals surface area contributed by atoms with Gasteiger partial charge in [0.2, 0.25) is 0 Å². The molecule has 0 spiro atoms. The Labute approximate surface area is 144 Å². The van der Waals surface area contributed by atoms with Gasteiger partial charge in [0.1, 0.15) is 11.5 Å². The minimum absolute atomic E-state index is 0.0642. The summed E-state index contributed by atoms with van der Waals surface area (Å²) in [4.78, 5) is 39.3. The van der Waals surface area contributed by atoms with Gasteiger partial charge in [-0.1, -0.05) is 30.3 Å². The molecule has 1 aliphatic heterocycles. The van der Waals surface area contributed by atoms with Gasteiger partial charge in [-0.3, -0.25) is 9.59 Å². The van der Waals surface area contributed by atoms with Crippen molar-refractivity contribution in [1.29, 1.82) is 0 Å². The molecule has 1 heterocycles. The highest BCUT2D eigenvalue weighted by Crippen LogP contribution is 2.22. The zero-order chi connectivity index (χ0) is 17.6. The summed E-state index contributed by atoms with van der Waals surface area (Å²) in [6.07, 6.45) is 2.80.